The number of carbonyl (C=O) groups is 2. The second-order valence-corrected chi connectivity index (χ2v) is 7.72. The molecule has 144 valence electrons. The predicted molar refractivity (Wildman–Crippen MR) is 113 cm³/mol. The zero-order chi connectivity index (χ0) is 20.1. The molecule has 1 heterocycles. The number of aromatic nitrogens is 3. The summed E-state index contributed by atoms with van der Waals surface area (Å²) in [6.45, 7) is 0. The lowest BCUT2D eigenvalue weighted by molar-refractivity contribution is -0.117. The molecule has 0 aliphatic carbocycles. The van der Waals surface area contributed by atoms with Crippen LogP contribution in [0.15, 0.2) is 58.2 Å². The van der Waals surface area contributed by atoms with Crippen molar-refractivity contribution in [3.8, 4) is 11.4 Å². The molecule has 11 heteroatoms. The number of hydrogen-bond donors (Lipinski definition) is 3. The van der Waals surface area contributed by atoms with Crippen LogP contribution in [0.4, 0.5) is 10.5 Å². The lowest BCUT2D eigenvalue weighted by Crippen LogP contribution is -2.35. The van der Waals surface area contributed by atoms with Gasteiger partial charge in [0.05, 0.1) is 10.8 Å². The Balaban J connectivity index is 1.55. The van der Waals surface area contributed by atoms with Gasteiger partial charge >= 0.3 is 6.03 Å². The van der Waals surface area contributed by atoms with Crippen LogP contribution >= 0.6 is 39.3 Å². The highest BCUT2D eigenvalue weighted by atomic mass is 79.9. The molecule has 4 N–H and O–H groups in total. The Morgan fingerprint density at radius 2 is 1.86 bits per heavy atom. The minimum absolute atomic E-state index is 0.0639. The molecule has 0 saturated heterocycles. The van der Waals surface area contributed by atoms with E-state index in [0.29, 0.717) is 27.3 Å². The number of carbonyl (C=O) groups excluding carboxylic acids is 2. The van der Waals surface area contributed by atoms with Crippen molar-refractivity contribution in [3.63, 3.8) is 0 Å². The van der Waals surface area contributed by atoms with Gasteiger partial charge in [-0.05, 0) is 36.4 Å². The average Bonchev–Trinajstić information content (AvgIpc) is 3.03. The number of anilines is 1. The smallest absolute Gasteiger partial charge is 0.325 e. The van der Waals surface area contributed by atoms with E-state index in [0.717, 1.165) is 16.2 Å². The Kier molecular flexibility index (Phi) is 6.55. The number of nitrogens with zero attached hydrogens (tertiary/aromatic N) is 3. The molecule has 2 aromatic carbocycles. The monoisotopic (exact) mass is 480 g/mol. The molecule has 0 spiro atoms. The first-order chi connectivity index (χ1) is 13.4. The Hall–Kier alpha value is -2.56. The van der Waals surface area contributed by atoms with Crippen LogP contribution in [0.5, 0.6) is 0 Å². The highest BCUT2D eigenvalue weighted by molar-refractivity contribution is 9.10. The summed E-state index contributed by atoms with van der Waals surface area (Å²) >= 11 is 10.5. The number of urea groups is 1. The van der Waals surface area contributed by atoms with E-state index >= 15 is 0 Å². The first-order valence-corrected chi connectivity index (χ1v) is 10.0. The van der Waals surface area contributed by atoms with Gasteiger partial charge in [-0.3, -0.25) is 10.1 Å². The lowest BCUT2D eigenvalue weighted by atomic mass is 10.2. The molecule has 0 radical (unpaired) electrons. The minimum Gasteiger partial charge on any atom is -0.335 e. The van der Waals surface area contributed by atoms with E-state index in [9.17, 15) is 9.59 Å². The molecule has 3 rings (SSSR count). The van der Waals surface area contributed by atoms with E-state index in [1.54, 1.807) is 48.5 Å². The topological polar surface area (TPSA) is 115 Å². The van der Waals surface area contributed by atoms with Crippen molar-refractivity contribution in [2.75, 3.05) is 16.9 Å². The molecule has 0 bridgehead atoms. The number of halogens is 2. The third-order valence-corrected chi connectivity index (χ3v) is 5.27. The number of nitrogens with two attached hydrogens (primary N) is 1. The van der Waals surface area contributed by atoms with E-state index < -0.39 is 11.9 Å². The fourth-order valence-corrected chi connectivity index (χ4v) is 3.33. The van der Waals surface area contributed by atoms with Gasteiger partial charge in [-0.25, -0.2) is 9.47 Å². The number of rotatable bonds is 5. The van der Waals surface area contributed by atoms with Crippen LogP contribution in [0.1, 0.15) is 0 Å². The van der Waals surface area contributed by atoms with Crippen LogP contribution in [0.2, 0.25) is 5.02 Å². The Morgan fingerprint density at radius 1 is 1.14 bits per heavy atom. The van der Waals surface area contributed by atoms with E-state index in [-0.39, 0.29) is 5.75 Å². The van der Waals surface area contributed by atoms with Crippen molar-refractivity contribution in [2.45, 2.75) is 5.16 Å². The van der Waals surface area contributed by atoms with Gasteiger partial charge in [0.2, 0.25) is 11.1 Å². The van der Waals surface area contributed by atoms with Crippen LogP contribution in [-0.2, 0) is 4.79 Å². The molecule has 0 aliphatic rings. The summed E-state index contributed by atoms with van der Waals surface area (Å²) in [4.78, 5) is 23.9. The van der Waals surface area contributed by atoms with Crippen LogP contribution in [0.3, 0.4) is 0 Å². The van der Waals surface area contributed by atoms with E-state index in [1.165, 1.54) is 4.68 Å². The first-order valence-electron chi connectivity index (χ1n) is 7.88. The molecular weight excluding hydrogens is 468 g/mol. The van der Waals surface area contributed by atoms with Gasteiger partial charge in [0.1, 0.15) is 0 Å². The van der Waals surface area contributed by atoms with Crippen LogP contribution in [0.25, 0.3) is 11.4 Å². The van der Waals surface area contributed by atoms with Crippen molar-refractivity contribution in [1.82, 2.24) is 20.2 Å². The number of hydrogen-bond acceptors (Lipinski definition) is 6. The maximum Gasteiger partial charge on any atom is 0.325 e. The van der Waals surface area contributed by atoms with Crippen LogP contribution in [0, 0.1) is 0 Å². The molecule has 0 unspecified atom stereocenters. The molecule has 28 heavy (non-hydrogen) atoms. The number of benzene rings is 2. The SMILES string of the molecule is Nn1c(SCC(=O)NC(=O)Nc2ccc(Br)cc2)nnc1-c1ccccc1Cl. The number of nitrogen functional groups attached to an aromatic ring is 1. The largest absolute Gasteiger partial charge is 0.335 e. The molecule has 8 nitrogen and oxygen atoms in total. The third-order valence-electron chi connectivity index (χ3n) is 3.47. The number of thioether (sulfide) groups is 1. The highest BCUT2D eigenvalue weighted by Crippen LogP contribution is 2.27. The van der Waals surface area contributed by atoms with Crippen molar-refractivity contribution in [1.29, 1.82) is 0 Å². The second-order valence-electron chi connectivity index (χ2n) is 5.45. The maximum atomic E-state index is 12.0. The predicted octanol–water partition coefficient (Wildman–Crippen LogP) is 3.52. The molecule has 3 amide bonds. The summed E-state index contributed by atoms with van der Waals surface area (Å²) < 4.78 is 2.13. The summed E-state index contributed by atoms with van der Waals surface area (Å²) in [6.07, 6.45) is 0. The van der Waals surface area contributed by atoms with Gasteiger partial charge in [0.25, 0.3) is 0 Å². The standard InChI is InChI=1S/C17H14BrClN6O2S/c18-10-5-7-11(8-6-10)21-16(27)22-14(26)9-28-17-24-23-15(25(17)20)12-3-1-2-4-13(12)19/h1-8H,9,20H2,(H2,21,22,26,27). The number of imide groups is 1. The molecule has 0 aliphatic heterocycles. The first kappa shape index (κ1) is 20.2. The fraction of sp³-hybridized carbons (Fsp3) is 0.0588. The maximum absolute atomic E-state index is 12.0. The summed E-state index contributed by atoms with van der Waals surface area (Å²) in [6, 6.07) is 13.4. The van der Waals surface area contributed by atoms with Crippen LogP contribution in [-0.4, -0.2) is 32.6 Å². The normalized spacial score (nSPS) is 10.5. The van der Waals surface area contributed by atoms with Gasteiger partial charge in [-0.2, -0.15) is 0 Å². The van der Waals surface area contributed by atoms with Crippen molar-refractivity contribution < 1.29 is 9.59 Å². The van der Waals surface area contributed by atoms with Crippen LogP contribution < -0.4 is 16.5 Å². The van der Waals surface area contributed by atoms with E-state index in [1.807, 2.05) is 0 Å². The van der Waals surface area contributed by atoms with Gasteiger partial charge in [0.15, 0.2) is 5.82 Å². The van der Waals surface area contributed by atoms with Gasteiger partial charge < -0.3 is 11.2 Å². The summed E-state index contributed by atoms with van der Waals surface area (Å²) in [7, 11) is 0. The third kappa shape index (κ3) is 5.03. The minimum atomic E-state index is -0.626. The van der Waals surface area contributed by atoms with Crippen molar-refractivity contribution in [2.24, 2.45) is 0 Å². The second kappa shape index (κ2) is 9.09. The summed E-state index contributed by atoms with van der Waals surface area (Å²) in [5.41, 5.74) is 1.19. The summed E-state index contributed by atoms with van der Waals surface area (Å²) in [5, 5.41) is 13.6. The molecule has 0 atom stereocenters. The van der Waals surface area contributed by atoms with Gasteiger partial charge in [-0.1, -0.05) is 51.4 Å². The molecular formula is C17H14BrClN6O2S. The molecule has 1 aromatic heterocycles. The van der Waals surface area contributed by atoms with E-state index in [2.05, 4.69) is 36.8 Å². The lowest BCUT2D eigenvalue weighted by Gasteiger charge is -2.07. The number of nitrogens with one attached hydrogen (secondary N) is 2. The van der Waals surface area contributed by atoms with Gasteiger partial charge in [-0.15, -0.1) is 10.2 Å². The average molecular weight is 482 g/mol. The zero-order valence-electron chi connectivity index (χ0n) is 14.2. The molecule has 0 saturated carbocycles. The molecule has 0 fully saturated rings. The van der Waals surface area contributed by atoms with E-state index in [4.69, 9.17) is 17.4 Å². The van der Waals surface area contributed by atoms with Crippen molar-refractivity contribution >= 4 is 56.9 Å². The number of amides is 3. The summed E-state index contributed by atoms with van der Waals surface area (Å²) in [5.74, 6) is 5.82. The Labute approximate surface area is 177 Å². The quantitative estimate of drug-likeness (QED) is 0.379. The Bertz CT molecular complexity index is 1010. The zero-order valence-corrected chi connectivity index (χ0v) is 17.4. The molecule has 3 aromatic rings. The fourth-order valence-electron chi connectivity index (χ4n) is 2.19. The van der Waals surface area contributed by atoms with Crippen molar-refractivity contribution in [3.05, 3.63) is 58.0 Å². The highest BCUT2D eigenvalue weighted by Gasteiger charge is 2.16. The van der Waals surface area contributed by atoms with Gasteiger partial charge in [0, 0.05) is 15.7 Å². The Morgan fingerprint density at radius 3 is 2.57 bits per heavy atom.